The third-order valence-electron chi connectivity index (χ3n) is 4.26. The second-order valence-electron chi connectivity index (χ2n) is 6.25. The van der Waals surface area contributed by atoms with Gasteiger partial charge in [0.1, 0.15) is 17.3 Å². The van der Waals surface area contributed by atoms with Crippen LogP contribution in [0.25, 0.3) is 17.4 Å². The molecule has 30 heavy (non-hydrogen) atoms. The van der Waals surface area contributed by atoms with Gasteiger partial charge in [-0.05, 0) is 36.4 Å². The van der Waals surface area contributed by atoms with E-state index in [0.717, 1.165) is 28.8 Å². The number of nitrogens with zero attached hydrogens (tertiary/aromatic N) is 1. The summed E-state index contributed by atoms with van der Waals surface area (Å²) in [5.74, 6) is -0.611. The summed E-state index contributed by atoms with van der Waals surface area (Å²) in [6, 6.07) is 13.6. The highest BCUT2D eigenvalue weighted by atomic mass is 32.2. The van der Waals surface area contributed by atoms with Gasteiger partial charge in [-0.15, -0.1) is 0 Å². The van der Waals surface area contributed by atoms with Gasteiger partial charge in [0.15, 0.2) is 4.32 Å². The van der Waals surface area contributed by atoms with Crippen molar-refractivity contribution in [1.29, 1.82) is 0 Å². The van der Waals surface area contributed by atoms with E-state index in [1.165, 1.54) is 48.5 Å². The molecule has 1 saturated heterocycles. The molecule has 0 unspecified atom stereocenters. The summed E-state index contributed by atoms with van der Waals surface area (Å²) < 4.78 is 58.6. The Bertz CT molecular complexity index is 1180. The minimum Gasteiger partial charge on any atom is -0.457 e. The van der Waals surface area contributed by atoms with Gasteiger partial charge in [-0.1, -0.05) is 48.2 Å². The first-order chi connectivity index (χ1) is 14.2. The van der Waals surface area contributed by atoms with Crippen molar-refractivity contribution >= 4 is 46.0 Å². The molecule has 2 heterocycles. The molecule has 0 spiro atoms. The summed E-state index contributed by atoms with van der Waals surface area (Å²) in [7, 11) is 0. The molecule has 0 aliphatic carbocycles. The van der Waals surface area contributed by atoms with Gasteiger partial charge in [-0.2, -0.15) is 13.2 Å². The molecule has 3 aromatic rings. The van der Waals surface area contributed by atoms with Crippen molar-refractivity contribution in [2.24, 2.45) is 0 Å². The van der Waals surface area contributed by atoms with E-state index in [1.54, 1.807) is 6.07 Å². The van der Waals surface area contributed by atoms with Crippen LogP contribution in [0, 0.1) is 5.82 Å². The fourth-order valence-corrected chi connectivity index (χ4v) is 4.14. The van der Waals surface area contributed by atoms with Crippen LogP contribution in [0.3, 0.4) is 0 Å². The molecule has 152 valence electrons. The van der Waals surface area contributed by atoms with Gasteiger partial charge in [0.05, 0.1) is 16.2 Å². The van der Waals surface area contributed by atoms with E-state index < -0.39 is 23.5 Å². The zero-order valence-electron chi connectivity index (χ0n) is 14.9. The monoisotopic (exact) mass is 449 g/mol. The van der Waals surface area contributed by atoms with Crippen LogP contribution in [0.2, 0.25) is 0 Å². The van der Waals surface area contributed by atoms with Gasteiger partial charge >= 0.3 is 6.18 Å². The molecule has 9 heteroatoms. The maximum absolute atomic E-state index is 14.1. The number of benzene rings is 2. The third kappa shape index (κ3) is 3.90. The summed E-state index contributed by atoms with van der Waals surface area (Å²) in [5, 5.41) is 0. The second-order valence-corrected chi connectivity index (χ2v) is 7.92. The molecule has 2 aromatic carbocycles. The SMILES string of the molecule is O=C1/C(=C\c2ccc(-c3cccc(C(F)(F)F)c3)o2)SC(=S)N1c1ccccc1F. The van der Waals surface area contributed by atoms with Crippen molar-refractivity contribution in [3.8, 4) is 11.3 Å². The van der Waals surface area contributed by atoms with Gasteiger partial charge in [0.25, 0.3) is 5.91 Å². The number of para-hydroxylation sites is 1. The highest BCUT2D eigenvalue weighted by molar-refractivity contribution is 8.27. The second kappa shape index (κ2) is 7.73. The number of halogens is 4. The van der Waals surface area contributed by atoms with Crippen molar-refractivity contribution < 1.29 is 26.8 Å². The van der Waals surface area contributed by atoms with E-state index in [-0.39, 0.29) is 32.0 Å². The number of thiocarbonyl (C=S) groups is 1. The molecule has 1 aliphatic heterocycles. The molecule has 0 bridgehead atoms. The lowest BCUT2D eigenvalue weighted by molar-refractivity contribution is -0.137. The van der Waals surface area contributed by atoms with E-state index in [4.69, 9.17) is 16.6 Å². The number of hydrogen-bond acceptors (Lipinski definition) is 4. The highest BCUT2D eigenvalue weighted by Gasteiger charge is 2.35. The van der Waals surface area contributed by atoms with Gasteiger partial charge in [0, 0.05) is 11.6 Å². The topological polar surface area (TPSA) is 33.5 Å². The van der Waals surface area contributed by atoms with E-state index in [1.807, 2.05) is 0 Å². The first-order valence-electron chi connectivity index (χ1n) is 8.54. The number of carbonyl (C=O) groups excluding carboxylic acids is 1. The number of carbonyl (C=O) groups is 1. The van der Waals surface area contributed by atoms with Crippen LogP contribution in [0.4, 0.5) is 23.2 Å². The summed E-state index contributed by atoms with van der Waals surface area (Å²) >= 11 is 6.19. The maximum Gasteiger partial charge on any atom is 0.416 e. The standard InChI is InChI=1S/C21H11F4NO2S2/c22-15-6-1-2-7-16(15)26-19(27)18(30-20(26)29)11-14-8-9-17(28-14)12-4-3-5-13(10-12)21(23,24)25/h1-11H/b18-11+. The highest BCUT2D eigenvalue weighted by Crippen LogP contribution is 2.38. The zero-order valence-corrected chi connectivity index (χ0v) is 16.6. The van der Waals surface area contributed by atoms with Gasteiger partial charge in [0.2, 0.25) is 0 Å². The molecule has 0 radical (unpaired) electrons. The third-order valence-corrected chi connectivity index (χ3v) is 5.56. The molecule has 3 nitrogen and oxygen atoms in total. The number of thioether (sulfide) groups is 1. The van der Waals surface area contributed by atoms with Crippen LogP contribution in [0.1, 0.15) is 11.3 Å². The van der Waals surface area contributed by atoms with Crippen LogP contribution in [-0.2, 0) is 11.0 Å². The van der Waals surface area contributed by atoms with Crippen LogP contribution >= 0.6 is 24.0 Å². The predicted molar refractivity (Wildman–Crippen MR) is 111 cm³/mol. The Labute approximate surface area is 178 Å². The quantitative estimate of drug-likeness (QED) is 0.259. The molecule has 1 fully saturated rings. The molecular formula is C21H11F4NO2S2. The van der Waals surface area contributed by atoms with Gasteiger partial charge in [-0.3, -0.25) is 9.69 Å². The molecular weight excluding hydrogens is 438 g/mol. The van der Waals surface area contributed by atoms with E-state index >= 15 is 0 Å². The number of rotatable bonds is 3. The molecule has 0 N–H and O–H groups in total. The lowest BCUT2D eigenvalue weighted by Crippen LogP contribution is -2.28. The van der Waals surface area contributed by atoms with Crippen molar-refractivity contribution in [1.82, 2.24) is 0 Å². The molecule has 0 atom stereocenters. The Morgan fingerprint density at radius 2 is 1.80 bits per heavy atom. The minimum atomic E-state index is -4.47. The summed E-state index contributed by atoms with van der Waals surface area (Å²) in [6.07, 6.45) is -3.04. The first-order valence-corrected chi connectivity index (χ1v) is 9.76. The minimum absolute atomic E-state index is 0.0486. The number of amides is 1. The van der Waals surface area contributed by atoms with Gasteiger partial charge < -0.3 is 4.42 Å². The average Bonchev–Trinajstić information content (AvgIpc) is 3.27. The molecule has 1 aromatic heterocycles. The summed E-state index contributed by atoms with van der Waals surface area (Å²) in [5.41, 5.74) is -0.486. The smallest absolute Gasteiger partial charge is 0.416 e. The van der Waals surface area contributed by atoms with Crippen LogP contribution in [0.15, 0.2) is 70.0 Å². The molecule has 4 rings (SSSR count). The normalized spacial score (nSPS) is 16.0. The van der Waals surface area contributed by atoms with Gasteiger partial charge in [-0.25, -0.2) is 4.39 Å². The average molecular weight is 449 g/mol. The Hall–Kier alpha value is -2.91. The molecule has 0 saturated carbocycles. The Kier molecular flexibility index (Phi) is 5.25. The molecule has 1 aliphatic rings. The maximum atomic E-state index is 14.1. The Morgan fingerprint density at radius 3 is 2.53 bits per heavy atom. The van der Waals surface area contributed by atoms with Crippen LogP contribution < -0.4 is 4.90 Å². The number of alkyl halides is 3. The largest absolute Gasteiger partial charge is 0.457 e. The lowest BCUT2D eigenvalue weighted by Gasteiger charge is -2.14. The number of anilines is 1. The fourth-order valence-electron chi connectivity index (χ4n) is 2.87. The van der Waals surface area contributed by atoms with E-state index in [0.29, 0.717) is 0 Å². The zero-order chi connectivity index (χ0) is 21.5. The van der Waals surface area contributed by atoms with Crippen LogP contribution in [0.5, 0.6) is 0 Å². The summed E-state index contributed by atoms with van der Waals surface area (Å²) in [6.45, 7) is 0. The predicted octanol–water partition coefficient (Wildman–Crippen LogP) is 6.51. The van der Waals surface area contributed by atoms with Crippen molar-refractivity contribution in [2.75, 3.05) is 4.90 Å². The Morgan fingerprint density at radius 1 is 1.03 bits per heavy atom. The molecule has 1 amide bonds. The fraction of sp³-hybridized carbons (Fsp3) is 0.0476. The van der Waals surface area contributed by atoms with E-state index in [2.05, 4.69) is 0 Å². The Balaban J connectivity index is 1.62. The van der Waals surface area contributed by atoms with Crippen molar-refractivity contribution in [3.05, 3.63) is 82.7 Å². The first kappa shape index (κ1) is 20.4. The lowest BCUT2D eigenvalue weighted by atomic mass is 10.1. The number of furan rings is 1. The van der Waals surface area contributed by atoms with Crippen LogP contribution in [-0.4, -0.2) is 10.2 Å². The van der Waals surface area contributed by atoms with Crippen molar-refractivity contribution in [3.63, 3.8) is 0 Å². The van der Waals surface area contributed by atoms with E-state index in [9.17, 15) is 22.4 Å². The number of hydrogen-bond donors (Lipinski definition) is 0. The van der Waals surface area contributed by atoms with Crippen molar-refractivity contribution in [2.45, 2.75) is 6.18 Å². The summed E-state index contributed by atoms with van der Waals surface area (Å²) in [4.78, 5) is 14.0.